The highest BCUT2D eigenvalue weighted by atomic mass is 19.4. The fraction of sp³-hybridized carbons (Fsp3) is 0.286. The molecule has 0 aliphatic carbocycles. The second-order valence-corrected chi connectivity index (χ2v) is 4.82. The highest BCUT2D eigenvalue weighted by molar-refractivity contribution is 5.96. The van der Waals surface area contributed by atoms with Crippen LogP contribution in [0.1, 0.15) is 16.2 Å². The minimum absolute atomic E-state index is 0.102. The average molecular weight is 359 g/mol. The lowest BCUT2D eigenvalue weighted by molar-refractivity contribution is -0.159. The summed E-state index contributed by atoms with van der Waals surface area (Å²) >= 11 is 0. The fourth-order valence-corrected chi connectivity index (χ4v) is 1.81. The summed E-state index contributed by atoms with van der Waals surface area (Å²) in [6.45, 7) is -0.220. The summed E-state index contributed by atoms with van der Waals surface area (Å²) < 4.78 is 46.1. The summed E-state index contributed by atoms with van der Waals surface area (Å²) in [5.41, 5.74) is 0.299. The molecule has 2 rings (SSSR count). The van der Waals surface area contributed by atoms with Gasteiger partial charge in [-0.25, -0.2) is 4.79 Å². The van der Waals surface area contributed by atoms with Crippen molar-refractivity contribution in [1.29, 1.82) is 0 Å². The normalized spacial score (nSPS) is 12.6. The Kier molecular flexibility index (Phi) is 5.37. The minimum Gasteiger partial charge on any atom is -0.480 e. The molecule has 1 amide bonds. The van der Waals surface area contributed by atoms with Crippen molar-refractivity contribution in [2.75, 3.05) is 13.7 Å². The Bertz CT molecular complexity index is 758. The number of halogens is 3. The van der Waals surface area contributed by atoms with E-state index in [0.717, 1.165) is 0 Å². The lowest BCUT2D eigenvalue weighted by Crippen LogP contribution is -2.43. The molecule has 0 aliphatic heterocycles. The number of carboxylic acid groups (broad SMARTS) is 1. The zero-order valence-corrected chi connectivity index (χ0v) is 12.7. The number of nitrogens with zero attached hydrogens (tertiary/aromatic N) is 2. The molecule has 134 valence electrons. The van der Waals surface area contributed by atoms with Crippen LogP contribution in [-0.2, 0) is 15.7 Å². The summed E-state index contributed by atoms with van der Waals surface area (Å²) in [6, 6.07) is 3.97. The number of ether oxygens (including phenoxy) is 1. The van der Waals surface area contributed by atoms with Crippen LogP contribution in [0.25, 0.3) is 11.4 Å². The van der Waals surface area contributed by atoms with Crippen molar-refractivity contribution in [2.24, 2.45) is 0 Å². The number of carboxylic acids is 1. The van der Waals surface area contributed by atoms with Crippen LogP contribution >= 0.6 is 0 Å². The Morgan fingerprint density at radius 3 is 2.44 bits per heavy atom. The first-order valence-corrected chi connectivity index (χ1v) is 6.76. The number of amides is 1. The molecule has 25 heavy (non-hydrogen) atoms. The maximum absolute atomic E-state index is 12.4. The van der Waals surface area contributed by atoms with Gasteiger partial charge in [0.1, 0.15) is 0 Å². The molecule has 2 aromatic rings. The summed E-state index contributed by atoms with van der Waals surface area (Å²) in [5, 5.41) is 14.4. The standard InChI is InChI=1S/C14H12F3N3O5/c1-24-6-9(12(22)23)18-11(21)8-4-2-7(3-5-8)10-19-13(25-20-10)14(15,16)17/h2-5,9H,6H2,1H3,(H,18,21)(H,22,23). The molecule has 0 saturated carbocycles. The van der Waals surface area contributed by atoms with Crippen LogP contribution in [-0.4, -0.2) is 46.9 Å². The topological polar surface area (TPSA) is 115 Å². The van der Waals surface area contributed by atoms with Crippen molar-refractivity contribution in [3.05, 3.63) is 35.7 Å². The van der Waals surface area contributed by atoms with Gasteiger partial charge in [-0.05, 0) is 12.1 Å². The van der Waals surface area contributed by atoms with Crippen LogP contribution < -0.4 is 5.32 Å². The Hall–Kier alpha value is -2.95. The van der Waals surface area contributed by atoms with Crippen LogP contribution in [0.3, 0.4) is 0 Å². The number of methoxy groups -OCH3 is 1. The number of carbonyl (C=O) groups excluding carboxylic acids is 1. The van der Waals surface area contributed by atoms with Gasteiger partial charge in [-0.15, -0.1) is 0 Å². The lowest BCUT2D eigenvalue weighted by Gasteiger charge is -2.13. The van der Waals surface area contributed by atoms with Crippen molar-refractivity contribution >= 4 is 11.9 Å². The van der Waals surface area contributed by atoms with Gasteiger partial charge in [-0.3, -0.25) is 4.79 Å². The van der Waals surface area contributed by atoms with Gasteiger partial charge in [0.2, 0.25) is 5.82 Å². The number of hydrogen-bond donors (Lipinski definition) is 2. The number of benzene rings is 1. The van der Waals surface area contributed by atoms with Crippen LogP contribution in [0.5, 0.6) is 0 Å². The predicted octanol–water partition coefficient (Wildman–Crippen LogP) is 1.58. The smallest absolute Gasteiger partial charge is 0.471 e. The van der Waals surface area contributed by atoms with E-state index in [4.69, 9.17) is 9.84 Å². The summed E-state index contributed by atoms with van der Waals surface area (Å²) in [6.07, 6.45) is -4.75. The average Bonchev–Trinajstić information content (AvgIpc) is 3.04. The maximum atomic E-state index is 12.4. The molecule has 0 bridgehead atoms. The maximum Gasteiger partial charge on any atom is 0.471 e. The van der Waals surface area contributed by atoms with E-state index in [9.17, 15) is 22.8 Å². The molecule has 1 atom stereocenters. The highest BCUT2D eigenvalue weighted by Gasteiger charge is 2.38. The molecule has 2 N–H and O–H groups in total. The highest BCUT2D eigenvalue weighted by Crippen LogP contribution is 2.29. The summed E-state index contributed by atoms with van der Waals surface area (Å²) in [5.74, 6) is -3.71. The number of nitrogens with one attached hydrogen (secondary N) is 1. The number of aliphatic carboxylic acids is 1. The van der Waals surface area contributed by atoms with Crippen molar-refractivity contribution in [2.45, 2.75) is 12.2 Å². The Morgan fingerprint density at radius 2 is 1.96 bits per heavy atom. The third kappa shape index (κ3) is 4.53. The second kappa shape index (κ2) is 7.30. The molecule has 0 aliphatic rings. The molecule has 0 radical (unpaired) electrons. The zero-order valence-electron chi connectivity index (χ0n) is 12.7. The van der Waals surface area contributed by atoms with Gasteiger partial charge < -0.3 is 19.7 Å². The predicted molar refractivity (Wildman–Crippen MR) is 75.5 cm³/mol. The van der Waals surface area contributed by atoms with Crippen LogP contribution in [0, 0.1) is 0 Å². The van der Waals surface area contributed by atoms with Gasteiger partial charge in [0.05, 0.1) is 6.61 Å². The Balaban J connectivity index is 2.12. The molecule has 1 aromatic heterocycles. The molecular formula is C14H12F3N3O5. The SMILES string of the molecule is COCC(NC(=O)c1ccc(-c2noc(C(F)(F)F)n2)cc1)C(=O)O. The van der Waals surface area contributed by atoms with E-state index in [1.165, 1.54) is 31.4 Å². The van der Waals surface area contributed by atoms with E-state index < -0.39 is 30.0 Å². The van der Waals surface area contributed by atoms with E-state index in [2.05, 4.69) is 20.0 Å². The minimum atomic E-state index is -4.75. The van der Waals surface area contributed by atoms with Crippen LogP contribution in [0.2, 0.25) is 0 Å². The van der Waals surface area contributed by atoms with Crippen LogP contribution in [0.15, 0.2) is 28.8 Å². The number of hydrogen-bond acceptors (Lipinski definition) is 6. The lowest BCUT2D eigenvalue weighted by atomic mass is 10.1. The number of rotatable bonds is 6. The summed E-state index contributed by atoms with van der Waals surface area (Å²) in [4.78, 5) is 26.2. The van der Waals surface area contributed by atoms with Gasteiger partial charge in [-0.1, -0.05) is 17.3 Å². The number of carbonyl (C=O) groups is 2. The third-order valence-corrected chi connectivity index (χ3v) is 3.01. The number of aromatic nitrogens is 2. The van der Waals surface area contributed by atoms with Gasteiger partial charge in [0.25, 0.3) is 5.91 Å². The molecule has 0 fully saturated rings. The Morgan fingerprint density at radius 1 is 1.32 bits per heavy atom. The molecule has 11 heteroatoms. The number of alkyl halides is 3. The van der Waals surface area contributed by atoms with Crippen LogP contribution in [0.4, 0.5) is 13.2 Å². The summed E-state index contributed by atoms with van der Waals surface area (Å²) in [7, 11) is 1.29. The van der Waals surface area contributed by atoms with E-state index in [1.807, 2.05) is 0 Å². The van der Waals surface area contributed by atoms with E-state index in [1.54, 1.807) is 0 Å². The van der Waals surface area contributed by atoms with Gasteiger partial charge >= 0.3 is 18.0 Å². The molecule has 1 heterocycles. The second-order valence-electron chi connectivity index (χ2n) is 4.82. The molecule has 1 unspecified atom stereocenters. The first-order chi connectivity index (χ1) is 11.7. The largest absolute Gasteiger partial charge is 0.480 e. The van der Waals surface area contributed by atoms with Crippen molar-refractivity contribution in [3.8, 4) is 11.4 Å². The van der Waals surface area contributed by atoms with E-state index in [-0.39, 0.29) is 23.6 Å². The van der Waals surface area contributed by atoms with Gasteiger partial charge in [-0.2, -0.15) is 18.2 Å². The molecule has 1 aromatic carbocycles. The quantitative estimate of drug-likeness (QED) is 0.805. The van der Waals surface area contributed by atoms with Crippen molar-refractivity contribution < 1.29 is 37.1 Å². The van der Waals surface area contributed by atoms with E-state index >= 15 is 0 Å². The van der Waals surface area contributed by atoms with Crippen molar-refractivity contribution in [3.63, 3.8) is 0 Å². The molecule has 0 spiro atoms. The first-order valence-electron chi connectivity index (χ1n) is 6.76. The van der Waals surface area contributed by atoms with Gasteiger partial charge in [0, 0.05) is 18.2 Å². The molecule has 0 saturated heterocycles. The molecular weight excluding hydrogens is 347 g/mol. The van der Waals surface area contributed by atoms with E-state index in [0.29, 0.717) is 0 Å². The third-order valence-electron chi connectivity index (χ3n) is 3.01. The first kappa shape index (κ1) is 18.4. The van der Waals surface area contributed by atoms with Gasteiger partial charge in [0.15, 0.2) is 6.04 Å². The molecule has 8 nitrogen and oxygen atoms in total. The monoisotopic (exact) mass is 359 g/mol. The van der Waals surface area contributed by atoms with Crippen molar-refractivity contribution in [1.82, 2.24) is 15.5 Å². The Labute approximate surface area is 138 Å². The zero-order chi connectivity index (χ0) is 18.6. The fourth-order valence-electron chi connectivity index (χ4n) is 1.81.